The van der Waals surface area contributed by atoms with Crippen LogP contribution >= 0.6 is 0 Å². The number of hydrogen-bond donors (Lipinski definition) is 0. The molecule has 1 aliphatic carbocycles. The minimum absolute atomic E-state index is 0.0168. The molecule has 0 radical (unpaired) electrons. The quantitative estimate of drug-likeness (QED) is 0.588. The molecule has 176 valence electrons. The first-order chi connectivity index (χ1) is 15.6. The smallest absolute Gasteiger partial charge is 0.373 e. The zero-order valence-corrected chi connectivity index (χ0v) is 18.8. The number of nitrogens with zero attached hydrogens (tertiary/aromatic N) is 5. The number of ether oxygens (including phenoxy) is 1. The summed E-state index contributed by atoms with van der Waals surface area (Å²) in [6, 6.07) is 1.78. The number of pyridine rings is 1. The number of hydrogen-bond acceptors (Lipinski definition) is 5. The largest absolute Gasteiger partial charge is 0.391 e. The zero-order valence-electron chi connectivity index (χ0n) is 18.8. The Hall–Kier alpha value is -2.75. The highest BCUT2D eigenvalue weighted by molar-refractivity contribution is 5.81. The fourth-order valence-electron chi connectivity index (χ4n) is 4.93. The molecule has 3 aromatic rings. The van der Waals surface area contributed by atoms with Crippen LogP contribution in [0.2, 0.25) is 0 Å². The molecule has 10 heteroatoms. The third-order valence-electron chi connectivity index (χ3n) is 7.12. The Bertz CT molecular complexity index is 1260. The molecule has 0 aromatic carbocycles. The van der Waals surface area contributed by atoms with Crippen LogP contribution in [0.5, 0.6) is 0 Å². The summed E-state index contributed by atoms with van der Waals surface area (Å²) in [5.41, 5.74) is 2.45. The van der Waals surface area contributed by atoms with Crippen molar-refractivity contribution < 1.29 is 17.9 Å². The van der Waals surface area contributed by atoms with E-state index in [1.54, 1.807) is 30.9 Å². The molecule has 0 amide bonds. The maximum Gasteiger partial charge on any atom is 0.391 e. The number of aromatic nitrogens is 5. The average molecular weight is 461 g/mol. The Morgan fingerprint density at radius 2 is 1.88 bits per heavy atom. The van der Waals surface area contributed by atoms with Crippen LogP contribution in [0.4, 0.5) is 13.2 Å². The Morgan fingerprint density at radius 3 is 2.55 bits per heavy atom. The van der Waals surface area contributed by atoms with Gasteiger partial charge in [0, 0.05) is 50.0 Å². The Morgan fingerprint density at radius 1 is 1.12 bits per heavy atom. The van der Waals surface area contributed by atoms with Crippen LogP contribution in [0.25, 0.3) is 10.9 Å². The first-order valence-corrected chi connectivity index (χ1v) is 11.2. The van der Waals surface area contributed by atoms with E-state index in [0.717, 1.165) is 17.7 Å². The lowest BCUT2D eigenvalue weighted by atomic mass is 9.72. The van der Waals surface area contributed by atoms with Crippen LogP contribution in [-0.2, 0) is 18.8 Å². The number of aryl methyl sites for hydroxylation is 2. The van der Waals surface area contributed by atoms with Crippen molar-refractivity contribution in [1.82, 2.24) is 24.3 Å². The maximum atomic E-state index is 13.2. The van der Waals surface area contributed by atoms with Gasteiger partial charge in [0.25, 0.3) is 5.56 Å². The molecule has 2 aliphatic rings. The summed E-state index contributed by atoms with van der Waals surface area (Å²) < 4.78 is 48.6. The molecule has 2 fully saturated rings. The highest BCUT2D eigenvalue weighted by atomic mass is 19.4. The van der Waals surface area contributed by atoms with Gasteiger partial charge in [-0.05, 0) is 38.7 Å². The molecule has 4 heterocycles. The summed E-state index contributed by atoms with van der Waals surface area (Å²) in [7, 11) is 3.50. The number of alkyl halides is 3. The first-order valence-electron chi connectivity index (χ1n) is 11.2. The normalized spacial score (nSPS) is 25.9. The Kier molecular flexibility index (Phi) is 5.30. The lowest BCUT2D eigenvalue weighted by Crippen LogP contribution is -2.35. The monoisotopic (exact) mass is 461 g/mol. The van der Waals surface area contributed by atoms with E-state index in [9.17, 15) is 18.0 Å². The molecule has 2 atom stereocenters. The molecule has 1 aliphatic heterocycles. The summed E-state index contributed by atoms with van der Waals surface area (Å²) in [4.78, 5) is 22.5. The molecule has 0 N–H and O–H groups in total. The van der Waals surface area contributed by atoms with E-state index in [4.69, 9.17) is 9.72 Å². The predicted molar refractivity (Wildman–Crippen MR) is 115 cm³/mol. The second-order valence-corrected chi connectivity index (χ2v) is 9.29. The van der Waals surface area contributed by atoms with Gasteiger partial charge in [-0.3, -0.25) is 19.0 Å². The number of rotatable bonds is 3. The molecule has 3 aromatic heterocycles. The topological polar surface area (TPSA) is 74.8 Å². The molecule has 7 nitrogen and oxygen atoms in total. The van der Waals surface area contributed by atoms with Crippen molar-refractivity contribution in [3.63, 3.8) is 0 Å². The summed E-state index contributed by atoms with van der Waals surface area (Å²) in [6.07, 6.45) is 0.704. The molecular weight excluding hydrogens is 435 g/mol. The third-order valence-corrected chi connectivity index (χ3v) is 7.12. The number of halogens is 3. The van der Waals surface area contributed by atoms with Crippen molar-refractivity contribution in [2.75, 3.05) is 6.61 Å². The van der Waals surface area contributed by atoms with E-state index in [-0.39, 0.29) is 36.3 Å². The average Bonchev–Trinajstić information content (AvgIpc) is 3.17. The van der Waals surface area contributed by atoms with Gasteiger partial charge in [-0.2, -0.15) is 18.3 Å². The minimum Gasteiger partial charge on any atom is -0.373 e. The highest BCUT2D eigenvalue weighted by Gasteiger charge is 2.49. The molecule has 5 rings (SSSR count). The fraction of sp³-hybridized carbons (Fsp3) is 0.565. The summed E-state index contributed by atoms with van der Waals surface area (Å²) in [6.45, 7) is 2.25. The van der Waals surface area contributed by atoms with Crippen molar-refractivity contribution in [2.45, 2.75) is 56.7 Å². The van der Waals surface area contributed by atoms with Crippen LogP contribution in [0.1, 0.15) is 66.4 Å². The lowest BCUT2D eigenvalue weighted by molar-refractivity contribution is -0.197. The Balaban J connectivity index is 1.55. The van der Waals surface area contributed by atoms with Crippen LogP contribution in [-0.4, -0.2) is 37.1 Å². The number of fused-ring (bicyclic) bond motifs is 1. The van der Waals surface area contributed by atoms with Crippen molar-refractivity contribution in [2.24, 2.45) is 20.0 Å². The summed E-state index contributed by atoms with van der Waals surface area (Å²) in [5, 5.41) is 4.64. The van der Waals surface area contributed by atoms with Crippen LogP contribution in [0.3, 0.4) is 0 Å². The van der Waals surface area contributed by atoms with Crippen LogP contribution < -0.4 is 5.56 Å². The first kappa shape index (κ1) is 22.1. The van der Waals surface area contributed by atoms with E-state index >= 15 is 0 Å². The Labute approximate surface area is 188 Å². The van der Waals surface area contributed by atoms with E-state index in [1.807, 2.05) is 13.2 Å². The van der Waals surface area contributed by atoms with Crippen LogP contribution in [0, 0.1) is 12.8 Å². The molecule has 0 bridgehead atoms. The van der Waals surface area contributed by atoms with Gasteiger partial charge in [0.2, 0.25) is 0 Å². The van der Waals surface area contributed by atoms with Gasteiger partial charge >= 0.3 is 6.18 Å². The minimum atomic E-state index is -4.21. The van der Waals surface area contributed by atoms with Crippen molar-refractivity contribution in [1.29, 1.82) is 0 Å². The highest BCUT2D eigenvalue weighted by Crippen LogP contribution is 2.50. The molecule has 2 unspecified atom stereocenters. The van der Waals surface area contributed by atoms with E-state index in [2.05, 4.69) is 10.1 Å². The maximum absolute atomic E-state index is 13.2. The van der Waals surface area contributed by atoms with Crippen molar-refractivity contribution >= 4 is 10.9 Å². The van der Waals surface area contributed by atoms with E-state index in [1.165, 1.54) is 4.57 Å². The van der Waals surface area contributed by atoms with Crippen molar-refractivity contribution in [3.05, 3.63) is 51.6 Å². The second-order valence-electron chi connectivity index (χ2n) is 9.29. The van der Waals surface area contributed by atoms with Gasteiger partial charge in [-0.25, -0.2) is 4.98 Å². The lowest BCUT2D eigenvalue weighted by Gasteiger charge is -2.37. The summed E-state index contributed by atoms with van der Waals surface area (Å²) in [5.74, 6) is -1.14. The van der Waals surface area contributed by atoms with Crippen molar-refractivity contribution in [3.8, 4) is 0 Å². The van der Waals surface area contributed by atoms with Gasteiger partial charge in [-0.15, -0.1) is 0 Å². The van der Waals surface area contributed by atoms with E-state index in [0.29, 0.717) is 35.4 Å². The SMILES string of the molecule is Cc1nc2c(C3CC(C(F)(F)F)C3)nc(C3CCOC(c4cnn(C)c4)C3)cc2c(=O)n1C. The van der Waals surface area contributed by atoms with Gasteiger partial charge in [-0.1, -0.05) is 0 Å². The van der Waals surface area contributed by atoms with E-state index < -0.39 is 12.1 Å². The van der Waals surface area contributed by atoms with Gasteiger partial charge in [0.1, 0.15) is 5.82 Å². The third kappa shape index (κ3) is 3.94. The molecule has 1 saturated carbocycles. The molecule has 33 heavy (non-hydrogen) atoms. The summed E-state index contributed by atoms with van der Waals surface area (Å²) >= 11 is 0. The predicted octanol–water partition coefficient (Wildman–Crippen LogP) is 4.06. The van der Waals surface area contributed by atoms with Gasteiger partial charge in [0.15, 0.2) is 0 Å². The van der Waals surface area contributed by atoms with Gasteiger partial charge < -0.3 is 4.74 Å². The standard InChI is InChI=1S/C23H26F3N5O2/c1-12-28-21-17(22(32)31(12)3)9-18(29-20(21)14-6-16(7-14)23(24,25)26)13-4-5-33-19(8-13)15-10-27-30(2)11-15/h9-11,13-14,16,19H,4-8H2,1-3H3. The molecule has 1 saturated heterocycles. The van der Waals surface area contributed by atoms with Gasteiger partial charge in [0.05, 0.1) is 34.8 Å². The fourth-order valence-corrected chi connectivity index (χ4v) is 4.93. The molecule has 0 spiro atoms. The van der Waals surface area contributed by atoms with Crippen LogP contribution in [0.15, 0.2) is 23.3 Å². The zero-order chi connectivity index (χ0) is 23.5. The molecular formula is C23H26F3N5O2. The second kappa shape index (κ2) is 7.93.